The van der Waals surface area contributed by atoms with Crippen LogP contribution in [0.1, 0.15) is 23.1 Å². The van der Waals surface area contributed by atoms with E-state index in [4.69, 9.17) is 4.74 Å². The second-order valence-electron chi connectivity index (χ2n) is 7.33. The van der Waals surface area contributed by atoms with Gasteiger partial charge in [0.15, 0.2) is 5.82 Å². The predicted octanol–water partition coefficient (Wildman–Crippen LogP) is 2.74. The third-order valence-corrected chi connectivity index (χ3v) is 5.51. The van der Waals surface area contributed by atoms with Gasteiger partial charge in [0, 0.05) is 18.1 Å². The van der Waals surface area contributed by atoms with Gasteiger partial charge in [0.05, 0.1) is 25.3 Å². The molecule has 0 bridgehead atoms. The Kier molecular flexibility index (Phi) is 6.59. The number of halogens is 1. The molecule has 3 aromatic rings. The Bertz CT molecular complexity index is 1170. The zero-order chi connectivity index (χ0) is 23.4. The van der Waals surface area contributed by atoms with Crippen molar-refractivity contribution in [2.24, 2.45) is 0 Å². The Balaban J connectivity index is 1.42. The number of nitrogens with zero attached hydrogens (tertiary/aromatic N) is 3. The summed E-state index contributed by atoms with van der Waals surface area (Å²) in [5.41, 5.74) is 3.30. The fraction of sp³-hybridized carbons (Fsp3) is 0.227. The minimum atomic E-state index is -0.597. The maximum atomic E-state index is 14.9. The van der Waals surface area contributed by atoms with Crippen molar-refractivity contribution >= 4 is 35.1 Å². The Hall–Kier alpha value is -3.86. The number of amides is 3. The van der Waals surface area contributed by atoms with E-state index >= 15 is 0 Å². The second-order valence-corrected chi connectivity index (χ2v) is 7.93. The van der Waals surface area contributed by atoms with Crippen LogP contribution in [0, 0.1) is 5.82 Å². The molecule has 170 valence electrons. The zero-order valence-corrected chi connectivity index (χ0v) is 18.4. The Morgan fingerprint density at radius 1 is 1.21 bits per heavy atom. The van der Waals surface area contributed by atoms with Crippen molar-refractivity contribution in [2.75, 3.05) is 18.0 Å². The van der Waals surface area contributed by atoms with Gasteiger partial charge in [-0.15, -0.1) is 0 Å². The number of carbonyl (C=O) groups excluding carboxylic acids is 3. The summed E-state index contributed by atoms with van der Waals surface area (Å²) in [6.45, 7) is 2.00. The minimum absolute atomic E-state index is 0.193. The molecule has 0 aliphatic carbocycles. The molecule has 0 unspecified atom stereocenters. The predicted molar refractivity (Wildman–Crippen MR) is 119 cm³/mol. The highest BCUT2D eigenvalue weighted by Gasteiger charge is 2.32. The molecule has 1 aliphatic rings. The molecule has 11 heteroatoms. The molecular formula is C22H20FN5O4S. The minimum Gasteiger partial charge on any atom is -0.442 e. The van der Waals surface area contributed by atoms with E-state index in [-0.39, 0.29) is 31.4 Å². The molecule has 4 rings (SSSR count). The first-order valence-corrected chi connectivity index (χ1v) is 10.9. The summed E-state index contributed by atoms with van der Waals surface area (Å²) >= 11 is 1.21. The smallest absolute Gasteiger partial charge is 0.414 e. The summed E-state index contributed by atoms with van der Waals surface area (Å²) in [7, 11) is 0. The van der Waals surface area contributed by atoms with Crippen molar-refractivity contribution in [1.82, 2.24) is 20.0 Å². The third kappa shape index (κ3) is 5.32. The molecule has 2 N–H and O–H groups in total. The van der Waals surface area contributed by atoms with Crippen LogP contribution in [0.4, 0.5) is 14.9 Å². The second kappa shape index (κ2) is 9.74. The van der Waals surface area contributed by atoms with Gasteiger partial charge >= 0.3 is 6.09 Å². The van der Waals surface area contributed by atoms with E-state index < -0.39 is 18.0 Å². The quantitative estimate of drug-likeness (QED) is 0.550. The van der Waals surface area contributed by atoms with Crippen LogP contribution >= 0.6 is 11.5 Å². The molecule has 1 atom stereocenters. The number of benzene rings is 2. The van der Waals surface area contributed by atoms with E-state index in [9.17, 15) is 18.8 Å². The molecule has 9 nitrogen and oxygen atoms in total. The van der Waals surface area contributed by atoms with Crippen molar-refractivity contribution in [3.05, 3.63) is 65.2 Å². The number of ether oxygens (including phenoxy) is 1. The van der Waals surface area contributed by atoms with Crippen molar-refractivity contribution in [1.29, 1.82) is 0 Å². The Morgan fingerprint density at radius 2 is 2.00 bits per heavy atom. The number of carbonyl (C=O) groups is 3. The van der Waals surface area contributed by atoms with Crippen LogP contribution in [0.3, 0.4) is 0 Å². The number of anilines is 1. The summed E-state index contributed by atoms with van der Waals surface area (Å²) in [4.78, 5) is 40.8. The average Bonchev–Trinajstić information content (AvgIpc) is 3.45. The highest BCUT2D eigenvalue weighted by molar-refractivity contribution is 7.03. The number of aromatic nitrogens is 2. The van der Waals surface area contributed by atoms with Gasteiger partial charge in [-0.05, 0) is 47.4 Å². The summed E-state index contributed by atoms with van der Waals surface area (Å²) in [5, 5.41) is 5.33. The van der Waals surface area contributed by atoms with Crippen molar-refractivity contribution in [2.45, 2.75) is 19.6 Å². The normalized spacial score (nSPS) is 15.3. The topological polar surface area (TPSA) is 114 Å². The van der Waals surface area contributed by atoms with Crippen molar-refractivity contribution < 1.29 is 23.5 Å². The monoisotopic (exact) mass is 469 g/mol. The summed E-state index contributed by atoms with van der Waals surface area (Å²) in [6, 6.07) is 11.0. The summed E-state index contributed by atoms with van der Waals surface area (Å²) < 4.78 is 24.1. The average molecular weight is 469 g/mol. The van der Waals surface area contributed by atoms with E-state index in [1.54, 1.807) is 41.9 Å². The standard InChI is InChI=1S/C22H20FN5O4S/c1-13(29)24-9-17-11-28(22(31)32-17)16-6-7-18(19(23)8-16)14-2-4-15(5-3-14)21(30)25-10-20-26-12-33-27-20/h2-8,12,17H,9-11H2,1H3,(H,24,29)(H,25,30)/t17-/m0/s1. The molecule has 0 spiro atoms. The van der Waals surface area contributed by atoms with Gasteiger partial charge in [-0.25, -0.2) is 14.2 Å². The first kappa shape index (κ1) is 22.3. The molecule has 2 heterocycles. The molecular weight excluding hydrogens is 449 g/mol. The summed E-state index contributed by atoms with van der Waals surface area (Å²) in [6.07, 6.45) is -1.10. The van der Waals surface area contributed by atoms with Gasteiger partial charge in [-0.1, -0.05) is 12.1 Å². The molecule has 1 saturated heterocycles. The number of rotatable bonds is 7. The van der Waals surface area contributed by atoms with E-state index in [0.29, 0.717) is 28.2 Å². The fourth-order valence-corrected chi connectivity index (χ4v) is 3.78. The molecule has 3 amide bonds. The molecule has 0 radical (unpaired) electrons. The lowest BCUT2D eigenvalue weighted by atomic mass is 10.0. The number of hydrogen-bond donors (Lipinski definition) is 2. The van der Waals surface area contributed by atoms with Crippen LogP contribution < -0.4 is 15.5 Å². The first-order chi connectivity index (χ1) is 15.9. The molecule has 1 aliphatic heterocycles. The number of hydrogen-bond acceptors (Lipinski definition) is 7. The van der Waals surface area contributed by atoms with Crippen LogP contribution in [-0.2, 0) is 16.1 Å². The summed E-state index contributed by atoms with van der Waals surface area (Å²) in [5.74, 6) is -0.485. The lowest BCUT2D eigenvalue weighted by molar-refractivity contribution is -0.119. The van der Waals surface area contributed by atoms with Crippen LogP contribution in [0.2, 0.25) is 0 Å². The van der Waals surface area contributed by atoms with Crippen LogP contribution in [0.5, 0.6) is 0 Å². The first-order valence-electron chi connectivity index (χ1n) is 10.1. The van der Waals surface area contributed by atoms with Crippen LogP contribution in [-0.4, -0.2) is 46.5 Å². The van der Waals surface area contributed by atoms with Crippen LogP contribution in [0.15, 0.2) is 48.0 Å². The van der Waals surface area contributed by atoms with Gasteiger partial charge in [0.25, 0.3) is 5.91 Å². The molecule has 33 heavy (non-hydrogen) atoms. The largest absolute Gasteiger partial charge is 0.442 e. The SMILES string of the molecule is CC(=O)NC[C@H]1CN(c2ccc(-c3ccc(C(=O)NCc4ncsn4)cc3)c(F)c2)C(=O)O1. The maximum Gasteiger partial charge on any atom is 0.414 e. The fourth-order valence-electron chi connectivity index (χ4n) is 3.34. The third-order valence-electron chi connectivity index (χ3n) is 4.99. The lowest BCUT2D eigenvalue weighted by Gasteiger charge is -2.14. The van der Waals surface area contributed by atoms with Crippen LogP contribution in [0.25, 0.3) is 11.1 Å². The Labute approximate surface area is 192 Å². The van der Waals surface area contributed by atoms with E-state index in [1.807, 2.05) is 0 Å². The van der Waals surface area contributed by atoms with Gasteiger partial charge in [0.2, 0.25) is 5.91 Å². The van der Waals surface area contributed by atoms with Gasteiger partial charge < -0.3 is 15.4 Å². The van der Waals surface area contributed by atoms with Gasteiger partial charge in [-0.2, -0.15) is 4.37 Å². The van der Waals surface area contributed by atoms with Gasteiger partial charge in [0.1, 0.15) is 17.4 Å². The molecule has 1 fully saturated rings. The molecule has 1 aromatic heterocycles. The van der Waals surface area contributed by atoms with E-state index in [1.165, 1.54) is 29.4 Å². The van der Waals surface area contributed by atoms with Gasteiger partial charge in [-0.3, -0.25) is 14.5 Å². The highest BCUT2D eigenvalue weighted by Crippen LogP contribution is 2.29. The number of cyclic esters (lactones) is 1. The van der Waals surface area contributed by atoms with E-state index in [0.717, 1.165) is 0 Å². The lowest BCUT2D eigenvalue weighted by Crippen LogP contribution is -2.33. The zero-order valence-electron chi connectivity index (χ0n) is 17.6. The molecule has 0 saturated carbocycles. The number of nitrogens with one attached hydrogen (secondary N) is 2. The molecule has 2 aromatic carbocycles. The van der Waals surface area contributed by atoms with Crippen molar-refractivity contribution in [3.8, 4) is 11.1 Å². The maximum absolute atomic E-state index is 14.9. The Morgan fingerprint density at radius 3 is 2.67 bits per heavy atom. The highest BCUT2D eigenvalue weighted by atomic mass is 32.1. The van der Waals surface area contributed by atoms with Crippen molar-refractivity contribution in [3.63, 3.8) is 0 Å². The van der Waals surface area contributed by atoms with E-state index in [2.05, 4.69) is 20.0 Å².